The van der Waals surface area contributed by atoms with E-state index in [2.05, 4.69) is 10.6 Å². The number of carbonyl (C=O) groups excluding carboxylic acids is 5. The molecule has 1 unspecified atom stereocenters. The van der Waals surface area contributed by atoms with Gasteiger partial charge in [0.2, 0.25) is 17.7 Å². The smallest absolute Gasteiger partial charge is 0.262 e. The van der Waals surface area contributed by atoms with Gasteiger partial charge in [0.25, 0.3) is 11.8 Å². The number of hydrogen-bond acceptors (Lipinski definition) is 5. The van der Waals surface area contributed by atoms with Gasteiger partial charge < -0.3 is 5.32 Å². The van der Waals surface area contributed by atoms with E-state index in [1.165, 1.54) is 6.07 Å². The molecule has 3 aromatic carbocycles. The van der Waals surface area contributed by atoms with Crippen LogP contribution in [0.3, 0.4) is 0 Å². The van der Waals surface area contributed by atoms with E-state index < -0.39 is 35.5 Å². The van der Waals surface area contributed by atoms with Gasteiger partial charge >= 0.3 is 0 Å². The molecule has 8 nitrogen and oxygen atoms in total. The molecule has 9 heteroatoms. The summed E-state index contributed by atoms with van der Waals surface area (Å²) in [6, 6.07) is 17.7. The molecule has 0 bridgehead atoms. The molecule has 0 saturated carbocycles. The van der Waals surface area contributed by atoms with E-state index in [0.717, 1.165) is 21.6 Å². The molecular formula is C29H24FN3O5. The summed E-state index contributed by atoms with van der Waals surface area (Å²) in [5, 5.41) is 4.99. The Labute approximate surface area is 217 Å². The Hall–Kier alpha value is -4.66. The fraction of sp³-hybridized carbons (Fsp3) is 0.207. The van der Waals surface area contributed by atoms with E-state index in [9.17, 15) is 28.4 Å². The van der Waals surface area contributed by atoms with Gasteiger partial charge in [-0.2, -0.15) is 0 Å². The number of carbonyl (C=O) groups is 5. The number of nitrogens with zero attached hydrogens (tertiary/aromatic N) is 1. The number of halogens is 1. The first-order chi connectivity index (χ1) is 18.3. The van der Waals surface area contributed by atoms with Gasteiger partial charge in [0.15, 0.2) is 0 Å². The molecule has 0 aliphatic carbocycles. The first-order valence-electron chi connectivity index (χ1n) is 12.3. The third kappa shape index (κ3) is 4.95. The minimum Gasteiger partial charge on any atom is -0.355 e. The molecule has 5 amide bonds. The zero-order chi connectivity index (χ0) is 26.8. The van der Waals surface area contributed by atoms with Crippen molar-refractivity contribution in [2.24, 2.45) is 0 Å². The number of fused-ring (bicyclic) bond motifs is 1. The number of amides is 5. The molecule has 0 spiro atoms. The van der Waals surface area contributed by atoms with Gasteiger partial charge in [-0.25, -0.2) is 4.39 Å². The van der Waals surface area contributed by atoms with E-state index in [4.69, 9.17) is 0 Å². The van der Waals surface area contributed by atoms with Crippen molar-refractivity contribution in [2.75, 3.05) is 6.54 Å². The maximum atomic E-state index is 13.8. The maximum absolute atomic E-state index is 13.8. The molecule has 0 radical (unpaired) electrons. The summed E-state index contributed by atoms with van der Waals surface area (Å²) < 4.78 is 13.8. The Morgan fingerprint density at radius 3 is 2.47 bits per heavy atom. The molecule has 192 valence electrons. The van der Waals surface area contributed by atoms with Crippen LogP contribution < -0.4 is 10.6 Å². The zero-order valence-corrected chi connectivity index (χ0v) is 20.3. The number of benzene rings is 3. The highest BCUT2D eigenvalue weighted by molar-refractivity contribution is 6.23. The first kappa shape index (κ1) is 25.0. The lowest BCUT2D eigenvalue weighted by Crippen LogP contribution is -2.54. The molecular weight excluding hydrogens is 489 g/mol. The van der Waals surface area contributed by atoms with Crippen LogP contribution in [0.15, 0.2) is 66.7 Å². The zero-order valence-electron chi connectivity index (χ0n) is 20.3. The van der Waals surface area contributed by atoms with E-state index in [0.29, 0.717) is 18.5 Å². The van der Waals surface area contributed by atoms with Crippen molar-refractivity contribution in [1.82, 2.24) is 15.5 Å². The summed E-state index contributed by atoms with van der Waals surface area (Å²) in [4.78, 5) is 62.9. The molecule has 1 saturated heterocycles. The van der Waals surface area contributed by atoms with Crippen molar-refractivity contribution >= 4 is 29.5 Å². The lowest BCUT2D eigenvalue weighted by Gasteiger charge is -2.27. The van der Waals surface area contributed by atoms with E-state index >= 15 is 0 Å². The number of piperidine rings is 1. The normalized spacial score (nSPS) is 16.9. The fourth-order valence-corrected chi connectivity index (χ4v) is 4.78. The largest absolute Gasteiger partial charge is 0.355 e. The van der Waals surface area contributed by atoms with Gasteiger partial charge in [0.05, 0.1) is 17.5 Å². The van der Waals surface area contributed by atoms with Crippen LogP contribution in [0.25, 0.3) is 11.1 Å². The van der Waals surface area contributed by atoms with E-state index in [-0.39, 0.29) is 36.3 Å². The maximum Gasteiger partial charge on any atom is 0.262 e. The molecule has 38 heavy (non-hydrogen) atoms. The molecule has 2 N–H and O–H groups in total. The Morgan fingerprint density at radius 1 is 0.921 bits per heavy atom. The predicted octanol–water partition coefficient (Wildman–Crippen LogP) is 2.80. The Balaban J connectivity index is 1.26. The van der Waals surface area contributed by atoms with Crippen molar-refractivity contribution in [3.8, 4) is 11.1 Å². The topological polar surface area (TPSA) is 113 Å². The van der Waals surface area contributed by atoms with Crippen molar-refractivity contribution in [1.29, 1.82) is 0 Å². The summed E-state index contributed by atoms with van der Waals surface area (Å²) in [6.45, 7) is 0.370. The number of hydrogen-bond donors (Lipinski definition) is 2. The molecule has 5 rings (SSSR count). The van der Waals surface area contributed by atoms with Crippen LogP contribution in [-0.4, -0.2) is 47.0 Å². The fourth-order valence-electron chi connectivity index (χ4n) is 4.78. The number of imide groups is 2. The van der Waals surface area contributed by atoms with Gasteiger partial charge in [-0.3, -0.25) is 34.2 Å². The highest BCUT2D eigenvalue weighted by Crippen LogP contribution is 2.31. The Kier molecular flexibility index (Phi) is 6.83. The molecule has 1 atom stereocenters. The lowest BCUT2D eigenvalue weighted by molar-refractivity contribution is -0.136. The highest BCUT2D eigenvalue weighted by atomic mass is 19.1. The molecule has 2 heterocycles. The van der Waals surface area contributed by atoms with E-state index in [1.54, 1.807) is 36.4 Å². The van der Waals surface area contributed by atoms with Crippen molar-refractivity contribution in [3.05, 3.63) is 94.8 Å². The number of nitrogens with one attached hydrogen (secondary N) is 2. The van der Waals surface area contributed by atoms with Crippen LogP contribution in [0.5, 0.6) is 0 Å². The van der Waals surface area contributed by atoms with Gasteiger partial charge in [0, 0.05) is 13.0 Å². The molecule has 3 aromatic rings. The minimum absolute atomic E-state index is 0.0373. The predicted molar refractivity (Wildman–Crippen MR) is 135 cm³/mol. The molecule has 2 aliphatic rings. The average molecular weight is 514 g/mol. The quantitative estimate of drug-likeness (QED) is 0.472. The number of rotatable bonds is 7. The molecule has 1 fully saturated rings. The van der Waals surface area contributed by atoms with Crippen LogP contribution in [0.4, 0.5) is 4.39 Å². The van der Waals surface area contributed by atoms with Crippen molar-refractivity contribution in [3.63, 3.8) is 0 Å². The third-order valence-corrected chi connectivity index (χ3v) is 6.74. The second-order valence-electron chi connectivity index (χ2n) is 9.28. The van der Waals surface area contributed by atoms with Gasteiger partial charge in [-0.05, 0) is 53.3 Å². The van der Waals surface area contributed by atoms with Crippen LogP contribution in [-0.2, 0) is 27.2 Å². The summed E-state index contributed by atoms with van der Waals surface area (Å²) in [7, 11) is 0. The summed E-state index contributed by atoms with van der Waals surface area (Å²) in [6.07, 6.45) is 0.667. The Bertz CT molecular complexity index is 1480. The monoisotopic (exact) mass is 513 g/mol. The highest BCUT2D eigenvalue weighted by Gasteiger charge is 2.44. The SMILES string of the molecule is O=C(Cc1ccccc1F)NCCc1cccc(-c2ccc3c(c2)C(=O)N(C2CCC(=O)NC2=O)C3=O)c1. The first-order valence-corrected chi connectivity index (χ1v) is 12.3. The molecule has 0 aromatic heterocycles. The minimum atomic E-state index is -1.01. The lowest BCUT2D eigenvalue weighted by atomic mass is 9.98. The second kappa shape index (κ2) is 10.4. The standard InChI is InChI=1S/C29H24FN3O5/c30-23-7-2-1-5-20(23)16-26(35)31-13-12-17-4-3-6-18(14-17)19-8-9-21-22(15-19)29(38)33(28(21)37)24-10-11-25(34)32-27(24)36/h1-9,14-15,24H,10-13,16H2,(H,31,35)(H,32,34,36). The van der Waals surface area contributed by atoms with Crippen LogP contribution in [0.2, 0.25) is 0 Å². The van der Waals surface area contributed by atoms with Crippen molar-refractivity contribution in [2.45, 2.75) is 31.7 Å². The van der Waals surface area contributed by atoms with E-state index in [1.807, 2.05) is 24.3 Å². The van der Waals surface area contributed by atoms with Gasteiger partial charge in [-0.15, -0.1) is 0 Å². The summed E-state index contributed by atoms with van der Waals surface area (Å²) in [5.74, 6) is -2.86. The summed E-state index contributed by atoms with van der Waals surface area (Å²) >= 11 is 0. The Morgan fingerprint density at radius 2 is 1.68 bits per heavy atom. The van der Waals surface area contributed by atoms with Crippen LogP contribution in [0.1, 0.15) is 44.7 Å². The van der Waals surface area contributed by atoms with Crippen LogP contribution >= 0.6 is 0 Å². The third-order valence-electron chi connectivity index (χ3n) is 6.74. The van der Waals surface area contributed by atoms with Crippen LogP contribution in [0, 0.1) is 5.82 Å². The molecule has 2 aliphatic heterocycles. The van der Waals surface area contributed by atoms with Gasteiger partial charge in [-0.1, -0.05) is 48.5 Å². The summed E-state index contributed by atoms with van der Waals surface area (Å²) in [5.41, 5.74) is 3.26. The van der Waals surface area contributed by atoms with Gasteiger partial charge in [0.1, 0.15) is 11.9 Å². The average Bonchev–Trinajstić information content (AvgIpc) is 3.15. The van der Waals surface area contributed by atoms with Crippen molar-refractivity contribution < 1.29 is 28.4 Å². The second-order valence-corrected chi connectivity index (χ2v) is 9.28.